The molecule has 0 unspecified atom stereocenters. The minimum absolute atomic E-state index is 0.0400. The Bertz CT molecular complexity index is 515. The molecule has 0 fully saturated rings. The first-order valence-corrected chi connectivity index (χ1v) is 4.37. The molecule has 2 rings (SSSR count). The number of guanidine groups is 1. The van der Waals surface area contributed by atoms with E-state index < -0.39 is 4.92 Å². The summed E-state index contributed by atoms with van der Waals surface area (Å²) in [5.74, 6) is 0.486. The van der Waals surface area contributed by atoms with Gasteiger partial charge >= 0.3 is 0 Å². The molecule has 1 aliphatic rings. The lowest BCUT2D eigenvalue weighted by molar-refractivity contribution is -0.384. The monoisotopic (exact) mass is 217 g/mol. The summed E-state index contributed by atoms with van der Waals surface area (Å²) >= 11 is 0. The van der Waals surface area contributed by atoms with Crippen LogP contribution in [0.1, 0.15) is 5.56 Å². The number of nitrogens with zero attached hydrogens (tertiary/aromatic N) is 4. The standard InChI is InChI=1S/C9H7N5O2/c10-9-11-8(12-13-9)5-6-1-3-7(4-2-6)14(15)16/h1-5H,(H2,10,11). The number of benzene rings is 1. The lowest BCUT2D eigenvalue weighted by Crippen LogP contribution is -2.03. The van der Waals surface area contributed by atoms with Crippen LogP contribution < -0.4 is 5.73 Å². The van der Waals surface area contributed by atoms with Crippen LogP contribution in [0.25, 0.3) is 6.08 Å². The first kappa shape index (κ1) is 9.97. The average molecular weight is 217 g/mol. The summed E-state index contributed by atoms with van der Waals surface area (Å²) in [6, 6.07) is 6.02. The fraction of sp³-hybridized carbons (Fsp3) is 0. The maximum Gasteiger partial charge on any atom is 0.269 e. The second kappa shape index (κ2) is 3.89. The number of nitro benzene ring substituents is 1. The number of rotatable bonds is 2. The van der Waals surface area contributed by atoms with Crippen molar-refractivity contribution >= 4 is 17.7 Å². The summed E-state index contributed by atoms with van der Waals surface area (Å²) in [5, 5.41) is 17.6. The van der Waals surface area contributed by atoms with Crippen LogP contribution >= 0.6 is 0 Å². The van der Waals surface area contributed by atoms with Gasteiger partial charge in [0.05, 0.1) is 4.92 Å². The van der Waals surface area contributed by atoms with Gasteiger partial charge in [0.15, 0.2) is 5.82 Å². The van der Waals surface area contributed by atoms with E-state index in [0.29, 0.717) is 5.82 Å². The highest BCUT2D eigenvalue weighted by Gasteiger charge is 2.05. The summed E-state index contributed by atoms with van der Waals surface area (Å²) in [6.07, 6.45) is 1.63. The van der Waals surface area contributed by atoms with Gasteiger partial charge in [-0.1, -0.05) is 0 Å². The van der Waals surface area contributed by atoms with Gasteiger partial charge in [-0.2, -0.15) is 4.99 Å². The summed E-state index contributed by atoms with van der Waals surface area (Å²) in [7, 11) is 0. The molecule has 7 heteroatoms. The predicted octanol–water partition coefficient (Wildman–Crippen LogP) is 1.67. The Morgan fingerprint density at radius 3 is 2.44 bits per heavy atom. The van der Waals surface area contributed by atoms with Gasteiger partial charge in [0.25, 0.3) is 5.69 Å². The third-order valence-corrected chi connectivity index (χ3v) is 1.88. The molecule has 0 aliphatic carbocycles. The molecule has 0 spiro atoms. The fourth-order valence-corrected chi connectivity index (χ4v) is 1.17. The average Bonchev–Trinajstić information content (AvgIpc) is 2.65. The van der Waals surface area contributed by atoms with Crippen molar-refractivity contribution in [3.05, 3.63) is 45.8 Å². The maximum atomic E-state index is 10.4. The van der Waals surface area contributed by atoms with Crippen LogP contribution in [-0.2, 0) is 0 Å². The lowest BCUT2D eigenvalue weighted by Gasteiger charge is -1.93. The highest BCUT2D eigenvalue weighted by atomic mass is 16.6. The second-order valence-electron chi connectivity index (χ2n) is 3.02. The SMILES string of the molecule is NC1=NC(=Cc2ccc([N+](=O)[O-])cc2)N=N1. The van der Waals surface area contributed by atoms with Gasteiger partial charge in [-0.05, 0) is 23.8 Å². The summed E-state index contributed by atoms with van der Waals surface area (Å²) in [5.41, 5.74) is 6.09. The van der Waals surface area contributed by atoms with E-state index in [9.17, 15) is 10.1 Å². The molecule has 0 saturated heterocycles. The van der Waals surface area contributed by atoms with E-state index >= 15 is 0 Å². The zero-order valence-electron chi connectivity index (χ0n) is 8.07. The van der Waals surface area contributed by atoms with Crippen LogP contribution in [0, 0.1) is 10.1 Å². The Labute approximate surface area is 90.2 Å². The highest BCUT2D eigenvalue weighted by molar-refractivity contribution is 5.81. The van der Waals surface area contributed by atoms with Crippen LogP contribution in [0.3, 0.4) is 0 Å². The van der Waals surface area contributed by atoms with Crippen molar-refractivity contribution in [2.24, 2.45) is 21.0 Å². The minimum atomic E-state index is -0.456. The van der Waals surface area contributed by atoms with Gasteiger partial charge in [0, 0.05) is 12.1 Å². The summed E-state index contributed by atoms with van der Waals surface area (Å²) < 4.78 is 0. The van der Waals surface area contributed by atoms with Crippen LogP contribution in [0.2, 0.25) is 0 Å². The largest absolute Gasteiger partial charge is 0.366 e. The zero-order chi connectivity index (χ0) is 11.5. The van der Waals surface area contributed by atoms with Gasteiger partial charge in [-0.25, -0.2) is 0 Å². The molecule has 0 bridgehead atoms. The van der Waals surface area contributed by atoms with E-state index in [0.717, 1.165) is 5.56 Å². The molecule has 2 N–H and O–H groups in total. The Morgan fingerprint density at radius 2 is 1.94 bits per heavy atom. The van der Waals surface area contributed by atoms with Crippen LogP contribution in [0.15, 0.2) is 45.3 Å². The first-order chi connectivity index (χ1) is 7.65. The van der Waals surface area contributed by atoms with E-state index in [-0.39, 0.29) is 11.6 Å². The van der Waals surface area contributed by atoms with Crippen molar-refractivity contribution < 1.29 is 4.92 Å². The minimum Gasteiger partial charge on any atom is -0.366 e. The van der Waals surface area contributed by atoms with Crippen molar-refractivity contribution in [3.63, 3.8) is 0 Å². The number of hydrogen-bond acceptors (Lipinski definition) is 6. The van der Waals surface area contributed by atoms with Crippen molar-refractivity contribution in [2.45, 2.75) is 0 Å². The van der Waals surface area contributed by atoms with E-state index in [4.69, 9.17) is 5.73 Å². The maximum absolute atomic E-state index is 10.4. The molecule has 7 nitrogen and oxygen atoms in total. The Balaban J connectivity index is 2.24. The number of azo groups is 1. The molecule has 1 aromatic rings. The molecule has 80 valence electrons. The number of hydrogen-bond donors (Lipinski definition) is 1. The quantitative estimate of drug-likeness (QED) is 0.601. The van der Waals surface area contributed by atoms with E-state index in [2.05, 4.69) is 15.2 Å². The van der Waals surface area contributed by atoms with Crippen molar-refractivity contribution in [3.8, 4) is 0 Å². The number of nitrogens with two attached hydrogens (primary N) is 1. The fourth-order valence-electron chi connectivity index (χ4n) is 1.17. The lowest BCUT2D eigenvalue weighted by atomic mass is 10.2. The molecule has 1 aromatic carbocycles. The molecule has 16 heavy (non-hydrogen) atoms. The highest BCUT2D eigenvalue weighted by Crippen LogP contribution is 2.16. The molecule has 1 aliphatic heterocycles. The van der Waals surface area contributed by atoms with E-state index in [1.165, 1.54) is 12.1 Å². The topological polar surface area (TPSA) is 106 Å². The summed E-state index contributed by atoms with van der Waals surface area (Å²) in [6.45, 7) is 0. The van der Waals surface area contributed by atoms with Gasteiger partial charge in [0.2, 0.25) is 5.96 Å². The van der Waals surface area contributed by atoms with Crippen molar-refractivity contribution in [2.75, 3.05) is 0 Å². The molecular weight excluding hydrogens is 210 g/mol. The number of non-ortho nitro benzene ring substituents is 1. The third kappa shape index (κ3) is 2.08. The first-order valence-electron chi connectivity index (χ1n) is 4.37. The van der Waals surface area contributed by atoms with Crippen LogP contribution in [0.5, 0.6) is 0 Å². The number of nitro groups is 1. The van der Waals surface area contributed by atoms with Crippen LogP contribution in [0.4, 0.5) is 5.69 Å². The molecular formula is C9H7N5O2. The Kier molecular flexibility index (Phi) is 2.42. The smallest absolute Gasteiger partial charge is 0.269 e. The zero-order valence-corrected chi connectivity index (χ0v) is 8.07. The third-order valence-electron chi connectivity index (χ3n) is 1.88. The molecule has 0 saturated carbocycles. The molecule has 1 heterocycles. The number of aliphatic imine (C=N–C) groups is 1. The molecule has 0 aromatic heterocycles. The van der Waals surface area contributed by atoms with E-state index in [1.54, 1.807) is 18.2 Å². The normalized spacial score (nSPS) is 16.5. The van der Waals surface area contributed by atoms with Gasteiger partial charge in [-0.15, -0.1) is 10.2 Å². The van der Waals surface area contributed by atoms with E-state index in [1.807, 2.05) is 0 Å². The van der Waals surface area contributed by atoms with Gasteiger partial charge < -0.3 is 5.73 Å². The Hall–Kier alpha value is -2.57. The van der Waals surface area contributed by atoms with Crippen molar-refractivity contribution in [1.29, 1.82) is 0 Å². The van der Waals surface area contributed by atoms with Crippen molar-refractivity contribution in [1.82, 2.24) is 0 Å². The van der Waals surface area contributed by atoms with Crippen LogP contribution in [-0.4, -0.2) is 10.9 Å². The molecule has 0 amide bonds. The molecule has 0 atom stereocenters. The second-order valence-corrected chi connectivity index (χ2v) is 3.02. The predicted molar refractivity (Wildman–Crippen MR) is 57.6 cm³/mol. The molecule has 0 radical (unpaired) electrons. The van der Waals surface area contributed by atoms with Gasteiger partial charge in [0.1, 0.15) is 0 Å². The summed E-state index contributed by atoms with van der Waals surface area (Å²) in [4.78, 5) is 13.8. The Morgan fingerprint density at radius 1 is 1.25 bits per heavy atom. The van der Waals surface area contributed by atoms with Gasteiger partial charge in [-0.3, -0.25) is 10.1 Å².